The third-order valence-electron chi connectivity index (χ3n) is 5.66. The molecule has 0 bridgehead atoms. The van der Waals surface area contributed by atoms with E-state index in [1.54, 1.807) is 24.5 Å². The molecule has 7 heteroatoms. The second kappa shape index (κ2) is 6.60. The Balaban J connectivity index is 1.33. The highest BCUT2D eigenvalue weighted by molar-refractivity contribution is 5.83. The molecule has 3 N–H and O–H groups in total. The summed E-state index contributed by atoms with van der Waals surface area (Å²) in [6.07, 6.45) is 6.80. The van der Waals surface area contributed by atoms with Gasteiger partial charge in [0.05, 0.1) is 17.4 Å². The Labute approximate surface area is 161 Å². The molecule has 0 amide bonds. The van der Waals surface area contributed by atoms with Crippen LogP contribution in [0.5, 0.6) is 0 Å². The quantitative estimate of drug-likeness (QED) is 0.499. The molecule has 0 unspecified atom stereocenters. The molecule has 1 aliphatic rings. The maximum absolute atomic E-state index is 11.7. The van der Waals surface area contributed by atoms with Crippen LogP contribution in [0, 0.1) is 0 Å². The van der Waals surface area contributed by atoms with Crippen molar-refractivity contribution in [2.24, 2.45) is 0 Å². The van der Waals surface area contributed by atoms with Gasteiger partial charge in [-0.05, 0) is 37.1 Å². The van der Waals surface area contributed by atoms with Crippen LogP contribution in [0.1, 0.15) is 25.0 Å². The maximum atomic E-state index is 11.7. The van der Waals surface area contributed by atoms with Gasteiger partial charge < -0.3 is 10.3 Å². The number of hydrogen-bond donors (Lipinski definition) is 3. The monoisotopic (exact) mass is 372 g/mol. The molecule has 0 saturated heterocycles. The van der Waals surface area contributed by atoms with Crippen molar-refractivity contribution in [3.8, 4) is 11.3 Å². The zero-order valence-electron chi connectivity index (χ0n) is 15.3. The predicted molar refractivity (Wildman–Crippen MR) is 108 cm³/mol. The van der Waals surface area contributed by atoms with Gasteiger partial charge in [-0.15, -0.1) is 10.2 Å². The fourth-order valence-corrected chi connectivity index (χ4v) is 3.84. The summed E-state index contributed by atoms with van der Waals surface area (Å²) in [5, 5.41) is 20.2. The number of nitrogens with zero attached hydrogens (tertiary/aromatic N) is 3. The smallest absolute Gasteiger partial charge is 0.181 e. The molecule has 0 atom stereocenters. The lowest BCUT2D eigenvalue weighted by Crippen LogP contribution is -2.42. The molecule has 1 aromatic carbocycles. The van der Waals surface area contributed by atoms with Crippen molar-refractivity contribution >= 4 is 16.7 Å². The fraction of sp³-hybridized carbons (Fsp3) is 0.238. The summed E-state index contributed by atoms with van der Waals surface area (Å²) in [5.41, 5.74) is 3.83. The van der Waals surface area contributed by atoms with Gasteiger partial charge in [0.25, 0.3) is 0 Å². The van der Waals surface area contributed by atoms with Gasteiger partial charge >= 0.3 is 0 Å². The van der Waals surface area contributed by atoms with Crippen molar-refractivity contribution < 1.29 is 0 Å². The Morgan fingerprint density at radius 1 is 1.07 bits per heavy atom. The van der Waals surface area contributed by atoms with E-state index in [-0.39, 0.29) is 10.8 Å². The Morgan fingerprint density at radius 2 is 2.00 bits per heavy atom. The van der Waals surface area contributed by atoms with E-state index in [0.29, 0.717) is 0 Å². The first-order valence-electron chi connectivity index (χ1n) is 9.42. The summed E-state index contributed by atoms with van der Waals surface area (Å²) < 4.78 is 0. The van der Waals surface area contributed by atoms with Gasteiger partial charge in [-0.25, -0.2) is 0 Å². The van der Waals surface area contributed by atoms with Crippen LogP contribution in [0.25, 0.3) is 22.2 Å². The molecular weight excluding hydrogens is 352 g/mol. The van der Waals surface area contributed by atoms with Crippen molar-refractivity contribution in [2.45, 2.75) is 24.7 Å². The molecule has 0 aliphatic heterocycles. The Bertz CT molecular complexity index is 1170. The molecule has 0 spiro atoms. The highest BCUT2D eigenvalue weighted by Crippen LogP contribution is 2.42. The van der Waals surface area contributed by atoms with Crippen molar-refractivity contribution in [3.63, 3.8) is 0 Å². The van der Waals surface area contributed by atoms with Crippen LogP contribution in [0.2, 0.25) is 0 Å². The zero-order chi connectivity index (χ0) is 19.0. The van der Waals surface area contributed by atoms with Crippen molar-refractivity contribution in [2.75, 3.05) is 11.9 Å². The van der Waals surface area contributed by atoms with Crippen molar-refractivity contribution in [1.82, 2.24) is 25.4 Å². The molecule has 3 aromatic heterocycles. The van der Waals surface area contributed by atoms with Crippen LogP contribution in [-0.2, 0) is 5.41 Å². The second-order valence-corrected chi connectivity index (χ2v) is 7.40. The first-order valence-corrected chi connectivity index (χ1v) is 9.42. The lowest BCUT2D eigenvalue weighted by Gasteiger charge is -2.42. The highest BCUT2D eigenvalue weighted by Gasteiger charge is 2.39. The standard InChI is InChI=1S/C21H20N6O/c28-16-6-9-22-19(11-16)21(7-1-8-21)13-23-20-5-4-17(26-27-20)14-2-3-18-15(10-14)12-24-25-18/h2-6,9-12H,1,7-8,13H2,(H,22,28)(H,23,27)(H,24,25). The van der Waals surface area contributed by atoms with Gasteiger partial charge in [0.15, 0.2) is 5.43 Å². The fourth-order valence-electron chi connectivity index (χ4n) is 3.84. The van der Waals surface area contributed by atoms with Gasteiger partial charge in [0.1, 0.15) is 5.82 Å². The van der Waals surface area contributed by atoms with Gasteiger partial charge in [0.2, 0.25) is 0 Å². The minimum absolute atomic E-state index is 0.0346. The first-order chi connectivity index (χ1) is 13.7. The van der Waals surface area contributed by atoms with Crippen LogP contribution in [0.15, 0.2) is 59.7 Å². The van der Waals surface area contributed by atoms with Crippen LogP contribution < -0.4 is 10.7 Å². The molecule has 5 rings (SSSR count). The lowest BCUT2D eigenvalue weighted by atomic mass is 9.66. The Kier molecular flexibility index (Phi) is 3.93. The van der Waals surface area contributed by atoms with E-state index < -0.39 is 0 Å². The van der Waals surface area contributed by atoms with E-state index in [0.717, 1.165) is 53.1 Å². The summed E-state index contributed by atoms with van der Waals surface area (Å²) in [6.45, 7) is 0.724. The number of fused-ring (bicyclic) bond motifs is 1. The maximum Gasteiger partial charge on any atom is 0.181 e. The van der Waals surface area contributed by atoms with E-state index in [9.17, 15) is 4.79 Å². The van der Waals surface area contributed by atoms with Crippen LogP contribution >= 0.6 is 0 Å². The van der Waals surface area contributed by atoms with Gasteiger partial charge in [-0.3, -0.25) is 9.89 Å². The van der Waals surface area contributed by atoms with Crippen molar-refractivity contribution in [3.05, 3.63) is 70.8 Å². The number of hydrogen-bond acceptors (Lipinski definition) is 5. The SMILES string of the molecule is O=c1cc[nH]c(C2(CNc3ccc(-c4ccc5[nH]ncc5c4)nn3)CCC2)c1. The van der Waals surface area contributed by atoms with Crippen LogP contribution in [0.3, 0.4) is 0 Å². The summed E-state index contributed by atoms with van der Waals surface area (Å²) >= 11 is 0. The summed E-state index contributed by atoms with van der Waals surface area (Å²) in [7, 11) is 0. The molecule has 7 nitrogen and oxygen atoms in total. The van der Waals surface area contributed by atoms with Crippen molar-refractivity contribution in [1.29, 1.82) is 0 Å². The van der Waals surface area contributed by atoms with E-state index in [1.165, 1.54) is 6.42 Å². The van der Waals surface area contributed by atoms with Crippen LogP contribution in [0.4, 0.5) is 5.82 Å². The topological polar surface area (TPSA) is 99.3 Å². The number of nitrogens with one attached hydrogen (secondary N) is 3. The third-order valence-corrected chi connectivity index (χ3v) is 5.66. The zero-order valence-corrected chi connectivity index (χ0v) is 15.3. The third kappa shape index (κ3) is 2.94. The van der Waals surface area contributed by atoms with Gasteiger partial charge in [-0.2, -0.15) is 5.10 Å². The summed E-state index contributed by atoms with van der Waals surface area (Å²) in [5.74, 6) is 0.734. The average molecular weight is 372 g/mol. The largest absolute Gasteiger partial charge is 0.368 e. The summed E-state index contributed by atoms with van der Waals surface area (Å²) in [6, 6.07) is 13.2. The molecule has 28 heavy (non-hydrogen) atoms. The number of benzene rings is 1. The van der Waals surface area contributed by atoms with Crippen LogP contribution in [-0.4, -0.2) is 31.9 Å². The van der Waals surface area contributed by atoms with Gasteiger partial charge in [-0.1, -0.05) is 12.5 Å². The van der Waals surface area contributed by atoms with E-state index in [4.69, 9.17) is 0 Å². The Morgan fingerprint density at radius 3 is 2.75 bits per heavy atom. The molecular formula is C21H20N6O. The molecule has 3 heterocycles. The average Bonchev–Trinajstić information content (AvgIpc) is 3.15. The number of aromatic nitrogens is 5. The van der Waals surface area contributed by atoms with E-state index in [2.05, 4.69) is 30.7 Å². The molecule has 0 radical (unpaired) electrons. The molecule has 1 aliphatic carbocycles. The summed E-state index contributed by atoms with van der Waals surface area (Å²) in [4.78, 5) is 15.0. The van der Waals surface area contributed by atoms with E-state index in [1.807, 2.05) is 30.3 Å². The highest BCUT2D eigenvalue weighted by atomic mass is 16.1. The lowest BCUT2D eigenvalue weighted by molar-refractivity contribution is 0.252. The Hall–Kier alpha value is -3.48. The van der Waals surface area contributed by atoms with Gasteiger partial charge in [0, 0.05) is 46.9 Å². The number of rotatable bonds is 5. The normalized spacial score (nSPS) is 15.3. The number of anilines is 1. The minimum atomic E-state index is -0.0346. The number of aromatic amines is 2. The van der Waals surface area contributed by atoms with E-state index >= 15 is 0 Å². The number of H-pyrrole nitrogens is 2. The molecule has 1 fully saturated rings. The predicted octanol–water partition coefficient (Wildman–Crippen LogP) is 3.24. The minimum Gasteiger partial charge on any atom is -0.368 e. The molecule has 4 aromatic rings. The molecule has 1 saturated carbocycles. The second-order valence-electron chi connectivity index (χ2n) is 7.40. The number of pyridine rings is 1. The molecule has 140 valence electrons. The first kappa shape index (κ1) is 16.7.